The molecule has 1 aromatic rings. The molecular weight excluding hydrogens is 274 g/mol. The molecule has 0 aliphatic heterocycles. The zero-order chi connectivity index (χ0) is 13.2. The van der Waals surface area contributed by atoms with Gasteiger partial charge in [-0.3, -0.25) is 4.79 Å². The van der Waals surface area contributed by atoms with Gasteiger partial charge in [-0.15, -0.1) is 11.3 Å². The van der Waals surface area contributed by atoms with Crippen molar-refractivity contribution < 1.29 is 14.7 Å². The van der Waals surface area contributed by atoms with Crippen LogP contribution in [0.3, 0.4) is 0 Å². The third-order valence-corrected chi connectivity index (χ3v) is 4.73. The number of thiophene rings is 1. The predicted octanol–water partition coefficient (Wildman–Crippen LogP) is 1.43. The standard InChI is InChI=1S/C12H14ClNO3S/c13-9-5-4-8(18-9)12(6-2-1-3-7-12)14-10(15)11(16)17/h4-5H,1-3,6-7H2,(H,14,15)(H,16,17)/p-1. The third-order valence-electron chi connectivity index (χ3n) is 3.29. The van der Waals surface area contributed by atoms with E-state index >= 15 is 0 Å². The van der Waals surface area contributed by atoms with Crippen LogP contribution in [-0.4, -0.2) is 11.9 Å². The zero-order valence-electron chi connectivity index (χ0n) is 9.70. The number of carbonyl (C=O) groups excluding carboxylic acids is 2. The lowest BCUT2D eigenvalue weighted by molar-refractivity contribution is -0.300. The highest BCUT2D eigenvalue weighted by atomic mass is 35.5. The van der Waals surface area contributed by atoms with E-state index in [9.17, 15) is 14.7 Å². The summed E-state index contributed by atoms with van der Waals surface area (Å²) in [6.45, 7) is 0. The molecule has 0 atom stereocenters. The van der Waals surface area contributed by atoms with Crippen molar-refractivity contribution in [1.29, 1.82) is 0 Å². The average molecular weight is 287 g/mol. The maximum Gasteiger partial charge on any atom is 0.267 e. The van der Waals surface area contributed by atoms with Crippen molar-refractivity contribution in [1.82, 2.24) is 5.32 Å². The van der Waals surface area contributed by atoms with Crippen molar-refractivity contribution in [3.63, 3.8) is 0 Å². The zero-order valence-corrected chi connectivity index (χ0v) is 11.3. The van der Waals surface area contributed by atoms with Crippen LogP contribution < -0.4 is 10.4 Å². The van der Waals surface area contributed by atoms with E-state index in [0.29, 0.717) is 4.34 Å². The highest BCUT2D eigenvalue weighted by Gasteiger charge is 2.36. The maximum atomic E-state index is 11.4. The first kappa shape index (κ1) is 13.4. The van der Waals surface area contributed by atoms with E-state index in [1.807, 2.05) is 6.07 Å². The average Bonchev–Trinajstić information content (AvgIpc) is 2.77. The van der Waals surface area contributed by atoms with E-state index in [0.717, 1.165) is 37.0 Å². The van der Waals surface area contributed by atoms with Crippen LogP contribution in [0.2, 0.25) is 4.34 Å². The lowest BCUT2D eigenvalue weighted by atomic mass is 9.80. The first-order valence-corrected chi connectivity index (χ1v) is 7.02. The molecule has 1 heterocycles. The summed E-state index contributed by atoms with van der Waals surface area (Å²) in [6, 6.07) is 3.62. The Labute approximate surface area is 114 Å². The molecule has 1 aromatic heterocycles. The van der Waals surface area contributed by atoms with Crippen molar-refractivity contribution >= 4 is 34.8 Å². The Bertz CT molecular complexity index is 466. The Morgan fingerprint density at radius 2 is 1.94 bits per heavy atom. The number of halogens is 1. The van der Waals surface area contributed by atoms with Gasteiger partial charge in [0.05, 0.1) is 9.88 Å². The summed E-state index contributed by atoms with van der Waals surface area (Å²) >= 11 is 7.30. The van der Waals surface area contributed by atoms with Gasteiger partial charge in [0, 0.05) is 4.88 Å². The summed E-state index contributed by atoms with van der Waals surface area (Å²) in [5, 5.41) is 13.2. The van der Waals surface area contributed by atoms with Gasteiger partial charge in [-0.2, -0.15) is 0 Å². The van der Waals surface area contributed by atoms with Gasteiger partial charge in [-0.1, -0.05) is 30.9 Å². The molecule has 0 aromatic carbocycles. The number of nitrogens with one attached hydrogen (secondary N) is 1. The maximum absolute atomic E-state index is 11.4. The van der Waals surface area contributed by atoms with Gasteiger partial charge >= 0.3 is 0 Å². The second-order valence-corrected chi connectivity index (χ2v) is 6.20. The molecule has 98 valence electrons. The van der Waals surface area contributed by atoms with E-state index in [-0.39, 0.29) is 0 Å². The lowest BCUT2D eigenvalue weighted by Crippen LogP contribution is -2.52. The van der Waals surface area contributed by atoms with Gasteiger partial charge in [-0.05, 0) is 25.0 Å². The van der Waals surface area contributed by atoms with Crippen LogP contribution in [0.25, 0.3) is 0 Å². The van der Waals surface area contributed by atoms with Crippen LogP contribution in [0.4, 0.5) is 0 Å². The van der Waals surface area contributed by atoms with Crippen molar-refractivity contribution in [3.05, 3.63) is 21.3 Å². The minimum Gasteiger partial charge on any atom is -0.540 e. The summed E-state index contributed by atoms with van der Waals surface area (Å²) < 4.78 is 0.637. The van der Waals surface area contributed by atoms with Gasteiger partial charge in [-0.25, -0.2) is 0 Å². The summed E-state index contributed by atoms with van der Waals surface area (Å²) in [5.74, 6) is -2.75. The number of hydrogen-bond acceptors (Lipinski definition) is 4. The van der Waals surface area contributed by atoms with Crippen molar-refractivity contribution in [2.75, 3.05) is 0 Å². The van der Waals surface area contributed by atoms with Gasteiger partial charge < -0.3 is 15.2 Å². The van der Waals surface area contributed by atoms with E-state index in [1.165, 1.54) is 11.3 Å². The fraction of sp³-hybridized carbons (Fsp3) is 0.500. The van der Waals surface area contributed by atoms with Crippen LogP contribution in [0.15, 0.2) is 12.1 Å². The summed E-state index contributed by atoms with van der Waals surface area (Å²) in [6.07, 6.45) is 4.50. The molecule has 0 radical (unpaired) electrons. The van der Waals surface area contributed by atoms with Crippen molar-refractivity contribution in [3.8, 4) is 0 Å². The predicted molar refractivity (Wildman–Crippen MR) is 67.2 cm³/mol. The van der Waals surface area contributed by atoms with Crippen LogP contribution in [0.1, 0.15) is 37.0 Å². The molecule has 2 rings (SSSR count). The molecular formula is C12H13ClNO3S-. The normalized spacial score (nSPS) is 18.3. The molecule has 1 aliphatic rings. The Hall–Kier alpha value is -1.07. The summed E-state index contributed by atoms with van der Waals surface area (Å²) in [5.41, 5.74) is -0.590. The minimum atomic E-state index is -1.69. The van der Waals surface area contributed by atoms with E-state index < -0.39 is 17.4 Å². The van der Waals surface area contributed by atoms with E-state index in [1.54, 1.807) is 6.07 Å². The number of carboxylic acid groups (broad SMARTS) is 1. The second kappa shape index (κ2) is 5.28. The Kier molecular flexibility index (Phi) is 3.92. The number of carboxylic acids is 1. The number of carbonyl (C=O) groups is 2. The molecule has 0 unspecified atom stereocenters. The van der Waals surface area contributed by atoms with Crippen LogP contribution in [0, 0.1) is 0 Å². The number of aliphatic carboxylic acids is 1. The Morgan fingerprint density at radius 3 is 2.44 bits per heavy atom. The quantitative estimate of drug-likeness (QED) is 0.836. The molecule has 6 heteroatoms. The molecule has 4 nitrogen and oxygen atoms in total. The molecule has 0 saturated heterocycles. The molecule has 0 bridgehead atoms. The number of hydrogen-bond donors (Lipinski definition) is 1. The third kappa shape index (κ3) is 2.67. The molecule has 1 saturated carbocycles. The Morgan fingerprint density at radius 1 is 1.28 bits per heavy atom. The largest absolute Gasteiger partial charge is 0.540 e. The second-order valence-electron chi connectivity index (χ2n) is 4.49. The number of amides is 1. The van der Waals surface area contributed by atoms with Gasteiger partial charge in [0.15, 0.2) is 0 Å². The smallest absolute Gasteiger partial charge is 0.267 e. The highest BCUT2D eigenvalue weighted by molar-refractivity contribution is 7.16. The molecule has 18 heavy (non-hydrogen) atoms. The fourth-order valence-corrected chi connectivity index (χ4v) is 3.67. The first-order valence-electron chi connectivity index (χ1n) is 5.83. The van der Waals surface area contributed by atoms with Crippen LogP contribution in [-0.2, 0) is 15.1 Å². The lowest BCUT2D eigenvalue weighted by Gasteiger charge is -2.37. The molecule has 1 N–H and O–H groups in total. The molecule has 1 amide bonds. The summed E-state index contributed by atoms with van der Waals surface area (Å²) in [7, 11) is 0. The van der Waals surface area contributed by atoms with Crippen molar-refractivity contribution in [2.45, 2.75) is 37.6 Å². The van der Waals surface area contributed by atoms with E-state index in [2.05, 4.69) is 5.32 Å². The van der Waals surface area contributed by atoms with Gasteiger partial charge in [0.2, 0.25) is 0 Å². The monoisotopic (exact) mass is 286 g/mol. The first-order chi connectivity index (χ1) is 8.53. The highest BCUT2D eigenvalue weighted by Crippen LogP contribution is 2.41. The fourth-order valence-electron chi connectivity index (χ4n) is 2.43. The molecule has 1 aliphatic carbocycles. The van der Waals surface area contributed by atoms with E-state index in [4.69, 9.17) is 11.6 Å². The topological polar surface area (TPSA) is 69.2 Å². The summed E-state index contributed by atoms with van der Waals surface area (Å²) in [4.78, 5) is 22.9. The molecule has 0 spiro atoms. The van der Waals surface area contributed by atoms with Gasteiger partial charge in [0.25, 0.3) is 5.91 Å². The Balaban J connectivity index is 2.28. The molecule has 1 fully saturated rings. The van der Waals surface area contributed by atoms with Crippen molar-refractivity contribution in [2.24, 2.45) is 0 Å². The number of rotatable bonds is 2. The SMILES string of the molecule is O=C([O-])C(=O)NC1(c2ccc(Cl)s2)CCCCC1. The van der Waals surface area contributed by atoms with Crippen LogP contribution >= 0.6 is 22.9 Å². The van der Waals surface area contributed by atoms with Gasteiger partial charge in [0.1, 0.15) is 5.97 Å². The minimum absolute atomic E-state index is 0.590. The van der Waals surface area contributed by atoms with Crippen LogP contribution in [0.5, 0.6) is 0 Å².